The van der Waals surface area contributed by atoms with Crippen molar-refractivity contribution >= 4 is 34.3 Å². The van der Waals surface area contributed by atoms with Crippen molar-refractivity contribution in [3.8, 4) is 0 Å². The van der Waals surface area contributed by atoms with Gasteiger partial charge in [0.1, 0.15) is 5.82 Å². The molecule has 1 aliphatic heterocycles. The molecule has 0 aliphatic carbocycles. The number of hydrogen-bond acceptors (Lipinski definition) is 5. The Balaban J connectivity index is 1.21. The molecular formula is C28H27FN4O2S. The molecule has 0 bridgehead atoms. The summed E-state index contributed by atoms with van der Waals surface area (Å²) in [5.41, 5.74) is 4.28. The minimum Gasteiger partial charge on any atom is -0.368 e. The van der Waals surface area contributed by atoms with Gasteiger partial charge in [0.05, 0.1) is 10.9 Å². The highest BCUT2D eigenvalue weighted by molar-refractivity contribution is 7.98. The molecule has 1 aliphatic rings. The molecule has 1 aromatic heterocycles. The normalized spacial score (nSPS) is 13.9. The molecular weight excluding hydrogens is 475 g/mol. The number of halogens is 1. The predicted molar refractivity (Wildman–Crippen MR) is 142 cm³/mol. The molecule has 0 saturated carbocycles. The Morgan fingerprint density at radius 1 is 0.972 bits per heavy atom. The van der Waals surface area contributed by atoms with Gasteiger partial charge in [-0.3, -0.25) is 14.2 Å². The van der Waals surface area contributed by atoms with E-state index in [0.717, 1.165) is 16.8 Å². The molecule has 6 nitrogen and oxygen atoms in total. The van der Waals surface area contributed by atoms with Crippen LogP contribution in [0.5, 0.6) is 0 Å². The molecule has 36 heavy (non-hydrogen) atoms. The molecule has 1 saturated heterocycles. The fourth-order valence-electron chi connectivity index (χ4n) is 4.48. The van der Waals surface area contributed by atoms with Gasteiger partial charge in [-0.1, -0.05) is 36.0 Å². The summed E-state index contributed by atoms with van der Waals surface area (Å²) < 4.78 is 14.8. The molecule has 0 atom stereocenters. The van der Waals surface area contributed by atoms with Crippen molar-refractivity contribution in [1.82, 2.24) is 14.5 Å². The number of aryl methyl sites for hydroxylation is 1. The molecule has 1 amide bonds. The van der Waals surface area contributed by atoms with E-state index in [1.165, 1.54) is 23.9 Å². The highest BCUT2D eigenvalue weighted by atomic mass is 32.2. The highest BCUT2D eigenvalue weighted by Gasteiger charge is 2.22. The first kappa shape index (κ1) is 24.1. The first-order valence-electron chi connectivity index (χ1n) is 11.9. The van der Waals surface area contributed by atoms with Gasteiger partial charge in [-0.05, 0) is 60.5 Å². The second kappa shape index (κ2) is 10.1. The average Bonchev–Trinajstić information content (AvgIpc) is 2.90. The van der Waals surface area contributed by atoms with Crippen molar-refractivity contribution in [1.29, 1.82) is 0 Å². The van der Waals surface area contributed by atoms with Crippen LogP contribution in [-0.2, 0) is 12.8 Å². The molecule has 8 heteroatoms. The Hall–Kier alpha value is -3.65. The van der Waals surface area contributed by atoms with Crippen LogP contribution in [0.2, 0.25) is 0 Å². The molecule has 0 N–H and O–H groups in total. The number of aromatic nitrogens is 2. The number of piperazine rings is 1. The Bertz CT molecular complexity index is 1460. The summed E-state index contributed by atoms with van der Waals surface area (Å²) >= 11 is 1.50. The molecule has 0 unspecified atom stereocenters. The predicted octanol–water partition coefficient (Wildman–Crippen LogP) is 4.64. The van der Waals surface area contributed by atoms with Gasteiger partial charge in [0.15, 0.2) is 5.16 Å². The van der Waals surface area contributed by atoms with Crippen LogP contribution in [0.15, 0.2) is 76.7 Å². The molecule has 3 aromatic carbocycles. The van der Waals surface area contributed by atoms with Gasteiger partial charge < -0.3 is 9.80 Å². The van der Waals surface area contributed by atoms with Crippen molar-refractivity contribution in [3.05, 3.63) is 99.6 Å². The van der Waals surface area contributed by atoms with E-state index in [1.54, 1.807) is 23.7 Å². The summed E-state index contributed by atoms with van der Waals surface area (Å²) in [5.74, 6) is 0.409. The highest BCUT2D eigenvalue weighted by Crippen LogP contribution is 2.23. The summed E-state index contributed by atoms with van der Waals surface area (Å²) in [6, 6.07) is 19.8. The third-order valence-electron chi connectivity index (χ3n) is 6.60. The lowest BCUT2D eigenvalue weighted by atomic mass is 10.1. The number of hydrogen-bond donors (Lipinski definition) is 0. The van der Waals surface area contributed by atoms with Gasteiger partial charge in [0, 0.05) is 50.2 Å². The van der Waals surface area contributed by atoms with E-state index in [1.807, 2.05) is 54.3 Å². The standard InChI is InChI=1S/C28H27FN4O2S/c1-19-4-3-5-24-25(19)27(35)31(2)28(30-24)36-18-20-6-8-21(9-7-20)26(34)33-16-14-32(15-17-33)23-12-10-22(29)11-13-23/h3-13H,14-18H2,1-2H3. The zero-order valence-corrected chi connectivity index (χ0v) is 21.1. The summed E-state index contributed by atoms with van der Waals surface area (Å²) in [6.07, 6.45) is 0. The number of nitrogens with zero attached hydrogens (tertiary/aromatic N) is 4. The van der Waals surface area contributed by atoms with Crippen molar-refractivity contribution in [2.24, 2.45) is 7.05 Å². The van der Waals surface area contributed by atoms with Crippen LogP contribution in [0.4, 0.5) is 10.1 Å². The maximum Gasteiger partial charge on any atom is 0.262 e. The fraction of sp³-hybridized carbons (Fsp3) is 0.250. The Morgan fingerprint density at radius 3 is 2.36 bits per heavy atom. The lowest BCUT2D eigenvalue weighted by Crippen LogP contribution is -2.48. The second-order valence-electron chi connectivity index (χ2n) is 8.97. The summed E-state index contributed by atoms with van der Waals surface area (Å²) in [7, 11) is 1.75. The van der Waals surface area contributed by atoms with Crippen LogP contribution in [0.25, 0.3) is 10.9 Å². The fourth-order valence-corrected chi connectivity index (χ4v) is 5.41. The zero-order chi connectivity index (χ0) is 25.2. The minimum absolute atomic E-state index is 0.0157. The molecule has 5 rings (SSSR count). The molecule has 1 fully saturated rings. The number of fused-ring (bicyclic) bond motifs is 1. The topological polar surface area (TPSA) is 58.4 Å². The minimum atomic E-state index is -0.248. The SMILES string of the molecule is Cc1cccc2nc(SCc3ccc(C(=O)N4CCN(c5ccc(F)cc5)CC4)cc3)n(C)c(=O)c12. The van der Waals surface area contributed by atoms with Crippen LogP contribution in [0.1, 0.15) is 21.5 Å². The smallest absolute Gasteiger partial charge is 0.262 e. The Morgan fingerprint density at radius 2 is 1.67 bits per heavy atom. The average molecular weight is 503 g/mol. The molecule has 2 heterocycles. The van der Waals surface area contributed by atoms with Crippen molar-refractivity contribution < 1.29 is 9.18 Å². The molecule has 4 aromatic rings. The van der Waals surface area contributed by atoms with E-state index in [-0.39, 0.29) is 17.3 Å². The van der Waals surface area contributed by atoms with Crippen molar-refractivity contribution in [2.75, 3.05) is 31.1 Å². The third-order valence-corrected chi connectivity index (χ3v) is 7.70. The van der Waals surface area contributed by atoms with Gasteiger partial charge in [-0.15, -0.1) is 0 Å². The van der Waals surface area contributed by atoms with Crippen LogP contribution >= 0.6 is 11.8 Å². The van der Waals surface area contributed by atoms with Crippen molar-refractivity contribution in [2.45, 2.75) is 17.8 Å². The first-order chi connectivity index (χ1) is 17.4. The maximum absolute atomic E-state index is 13.2. The van der Waals surface area contributed by atoms with Crippen LogP contribution in [-0.4, -0.2) is 46.5 Å². The summed E-state index contributed by atoms with van der Waals surface area (Å²) in [6.45, 7) is 4.59. The number of rotatable bonds is 5. The van der Waals surface area contributed by atoms with E-state index in [0.29, 0.717) is 53.6 Å². The van der Waals surface area contributed by atoms with Crippen molar-refractivity contribution in [3.63, 3.8) is 0 Å². The number of amides is 1. The van der Waals surface area contributed by atoms with Gasteiger partial charge in [0.2, 0.25) is 0 Å². The van der Waals surface area contributed by atoms with Gasteiger partial charge in [-0.25, -0.2) is 9.37 Å². The summed E-state index contributed by atoms with van der Waals surface area (Å²) in [4.78, 5) is 34.6. The third kappa shape index (κ3) is 4.86. The monoisotopic (exact) mass is 502 g/mol. The van der Waals surface area contributed by atoms with E-state index in [9.17, 15) is 14.0 Å². The molecule has 184 valence electrons. The van der Waals surface area contributed by atoms with Gasteiger partial charge >= 0.3 is 0 Å². The van der Waals surface area contributed by atoms with E-state index in [2.05, 4.69) is 4.90 Å². The molecule has 0 spiro atoms. The van der Waals surface area contributed by atoms with Gasteiger partial charge in [-0.2, -0.15) is 0 Å². The van der Waals surface area contributed by atoms with E-state index < -0.39 is 0 Å². The lowest BCUT2D eigenvalue weighted by Gasteiger charge is -2.36. The quantitative estimate of drug-likeness (QED) is 0.294. The zero-order valence-electron chi connectivity index (χ0n) is 20.3. The van der Waals surface area contributed by atoms with Crippen LogP contribution in [0.3, 0.4) is 0 Å². The van der Waals surface area contributed by atoms with E-state index in [4.69, 9.17) is 4.98 Å². The summed E-state index contributed by atoms with van der Waals surface area (Å²) in [5, 5.41) is 1.32. The lowest BCUT2D eigenvalue weighted by molar-refractivity contribution is 0.0747. The van der Waals surface area contributed by atoms with Crippen LogP contribution < -0.4 is 10.5 Å². The largest absolute Gasteiger partial charge is 0.368 e. The Labute approximate surface area is 213 Å². The number of benzene rings is 3. The molecule has 0 radical (unpaired) electrons. The second-order valence-corrected chi connectivity index (χ2v) is 9.91. The number of carbonyl (C=O) groups is 1. The maximum atomic E-state index is 13.2. The number of anilines is 1. The number of thioether (sulfide) groups is 1. The number of carbonyl (C=O) groups excluding carboxylic acids is 1. The van der Waals surface area contributed by atoms with E-state index >= 15 is 0 Å². The Kier molecular flexibility index (Phi) is 6.78. The van der Waals surface area contributed by atoms with Gasteiger partial charge in [0.25, 0.3) is 11.5 Å². The van der Waals surface area contributed by atoms with Crippen LogP contribution in [0, 0.1) is 12.7 Å². The first-order valence-corrected chi connectivity index (χ1v) is 12.9.